The van der Waals surface area contributed by atoms with Crippen LogP contribution in [-0.4, -0.2) is 42.7 Å². The third-order valence-corrected chi connectivity index (χ3v) is 6.75. The Morgan fingerprint density at radius 2 is 1.58 bits per heavy atom. The lowest BCUT2D eigenvalue weighted by Gasteiger charge is -2.17. The minimum atomic E-state index is -1.09. The van der Waals surface area contributed by atoms with Crippen LogP contribution in [0.15, 0.2) is 72.8 Å². The number of methoxy groups -OCH3 is 1. The van der Waals surface area contributed by atoms with Gasteiger partial charge in [0.25, 0.3) is 0 Å². The second kappa shape index (κ2) is 10.4. The molecule has 1 aliphatic rings. The largest absolute Gasteiger partial charge is 0.497 e. The van der Waals surface area contributed by atoms with Crippen molar-refractivity contribution < 1.29 is 24.2 Å². The lowest BCUT2D eigenvalue weighted by atomic mass is 9.98. The molecule has 0 heterocycles. The summed E-state index contributed by atoms with van der Waals surface area (Å²) in [6, 6.07) is 22.7. The Morgan fingerprint density at radius 1 is 0.970 bits per heavy atom. The zero-order valence-corrected chi connectivity index (χ0v) is 19.0. The molecule has 0 saturated carbocycles. The Bertz CT molecular complexity index is 1090. The van der Waals surface area contributed by atoms with E-state index in [1.54, 1.807) is 7.11 Å². The van der Waals surface area contributed by atoms with Gasteiger partial charge in [0.1, 0.15) is 18.4 Å². The summed E-state index contributed by atoms with van der Waals surface area (Å²) in [6.45, 7) is 0.144. The summed E-state index contributed by atoms with van der Waals surface area (Å²) in [6.07, 6.45) is -0.727. The van der Waals surface area contributed by atoms with Crippen LogP contribution in [0.4, 0.5) is 4.79 Å². The lowest BCUT2D eigenvalue weighted by Crippen LogP contribution is -2.43. The number of thioether (sulfide) groups is 1. The zero-order valence-electron chi connectivity index (χ0n) is 18.2. The summed E-state index contributed by atoms with van der Waals surface area (Å²) in [5, 5.41) is 12.0. The van der Waals surface area contributed by atoms with E-state index in [9.17, 15) is 14.7 Å². The summed E-state index contributed by atoms with van der Waals surface area (Å²) in [4.78, 5) is 24.1. The first kappa shape index (κ1) is 22.7. The summed E-state index contributed by atoms with van der Waals surface area (Å²) in [7, 11) is 1.61. The minimum absolute atomic E-state index is 0.0733. The Hall–Kier alpha value is -3.45. The number of carbonyl (C=O) groups excluding carboxylic acids is 1. The zero-order chi connectivity index (χ0) is 23.2. The first-order chi connectivity index (χ1) is 16.1. The van der Waals surface area contributed by atoms with Gasteiger partial charge in [-0.3, -0.25) is 0 Å². The number of hydrogen-bond donors (Lipinski definition) is 2. The Labute approximate surface area is 196 Å². The average molecular weight is 464 g/mol. The lowest BCUT2D eigenvalue weighted by molar-refractivity contribution is -0.138. The van der Waals surface area contributed by atoms with Crippen molar-refractivity contribution in [1.29, 1.82) is 0 Å². The van der Waals surface area contributed by atoms with Gasteiger partial charge in [-0.15, -0.1) is 0 Å². The van der Waals surface area contributed by atoms with E-state index in [0.29, 0.717) is 5.75 Å². The SMILES string of the molecule is COc1ccc(CSC[C@H](NC(=O)OCC2c3ccccc3-c3ccccc32)C(=O)O)cc1. The highest BCUT2D eigenvalue weighted by molar-refractivity contribution is 7.98. The van der Waals surface area contributed by atoms with Crippen molar-refractivity contribution in [1.82, 2.24) is 5.32 Å². The molecule has 2 N–H and O–H groups in total. The number of fused-ring (bicyclic) bond motifs is 3. The van der Waals surface area contributed by atoms with Crippen molar-refractivity contribution >= 4 is 23.8 Å². The predicted octanol–water partition coefficient (Wildman–Crippen LogP) is 4.92. The number of rotatable bonds is 9. The van der Waals surface area contributed by atoms with Crippen LogP contribution in [0, 0.1) is 0 Å². The number of carbonyl (C=O) groups is 2. The summed E-state index contributed by atoms with van der Waals surface area (Å²) in [5.74, 6) is 0.455. The molecular weight excluding hydrogens is 438 g/mol. The van der Waals surface area contributed by atoms with Crippen LogP contribution in [0.5, 0.6) is 5.75 Å². The molecule has 6 nitrogen and oxygen atoms in total. The molecule has 7 heteroatoms. The number of carboxylic acids is 1. The second-order valence-corrected chi connectivity index (χ2v) is 8.75. The molecular formula is C26H25NO5S. The van der Waals surface area contributed by atoms with Gasteiger partial charge in [-0.1, -0.05) is 60.7 Å². The molecule has 1 atom stereocenters. The van der Waals surface area contributed by atoms with Crippen molar-refractivity contribution in [3.63, 3.8) is 0 Å². The van der Waals surface area contributed by atoms with Gasteiger partial charge in [-0.05, 0) is 39.9 Å². The number of nitrogens with one attached hydrogen (secondary N) is 1. The van der Waals surface area contributed by atoms with Crippen LogP contribution in [0.3, 0.4) is 0 Å². The van der Waals surface area contributed by atoms with Crippen LogP contribution in [0.1, 0.15) is 22.6 Å². The molecule has 170 valence electrons. The molecule has 0 saturated heterocycles. The molecule has 0 aliphatic heterocycles. The van der Waals surface area contributed by atoms with Crippen molar-refractivity contribution in [2.75, 3.05) is 19.5 Å². The smallest absolute Gasteiger partial charge is 0.407 e. The number of alkyl carbamates (subject to hydrolysis) is 1. The van der Waals surface area contributed by atoms with Crippen molar-refractivity contribution in [3.8, 4) is 16.9 Å². The van der Waals surface area contributed by atoms with E-state index in [-0.39, 0.29) is 18.3 Å². The third kappa shape index (κ3) is 5.31. The molecule has 1 amide bonds. The second-order valence-electron chi connectivity index (χ2n) is 7.72. The van der Waals surface area contributed by atoms with E-state index in [1.165, 1.54) is 11.8 Å². The van der Waals surface area contributed by atoms with Gasteiger partial charge in [0.15, 0.2) is 0 Å². The van der Waals surface area contributed by atoms with Gasteiger partial charge in [0, 0.05) is 17.4 Å². The van der Waals surface area contributed by atoms with Gasteiger partial charge in [0.2, 0.25) is 0 Å². The highest BCUT2D eigenvalue weighted by atomic mass is 32.2. The molecule has 0 unspecified atom stereocenters. The van der Waals surface area contributed by atoms with Crippen LogP contribution in [0.25, 0.3) is 11.1 Å². The Morgan fingerprint density at radius 3 is 2.15 bits per heavy atom. The number of ether oxygens (including phenoxy) is 2. The van der Waals surface area contributed by atoms with E-state index >= 15 is 0 Å². The fraction of sp³-hybridized carbons (Fsp3) is 0.231. The molecule has 0 radical (unpaired) electrons. The van der Waals surface area contributed by atoms with E-state index in [4.69, 9.17) is 9.47 Å². The molecule has 0 aromatic heterocycles. The maximum Gasteiger partial charge on any atom is 0.407 e. The van der Waals surface area contributed by atoms with Crippen molar-refractivity contribution in [3.05, 3.63) is 89.5 Å². The molecule has 0 spiro atoms. The third-order valence-electron chi connectivity index (χ3n) is 5.65. The van der Waals surface area contributed by atoms with Gasteiger partial charge < -0.3 is 19.9 Å². The fourth-order valence-corrected chi connectivity index (χ4v) is 4.98. The van der Waals surface area contributed by atoms with E-state index in [1.807, 2.05) is 60.7 Å². The molecule has 33 heavy (non-hydrogen) atoms. The van der Waals surface area contributed by atoms with E-state index in [2.05, 4.69) is 17.4 Å². The number of aliphatic carboxylic acids is 1. The molecule has 0 bridgehead atoms. The maximum absolute atomic E-state index is 12.4. The monoisotopic (exact) mass is 463 g/mol. The van der Waals surface area contributed by atoms with Crippen molar-refractivity contribution in [2.45, 2.75) is 17.7 Å². The molecule has 3 aromatic rings. The van der Waals surface area contributed by atoms with Gasteiger partial charge >= 0.3 is 12.1 Å². The van der Waals surface area contributed by atoms with Gasteiger partial charge in [-0.25, -0.2) is 9.59 Å². The molecule has 1 aliphatic carbocycles. The summed E-state index contributed by atoms with van der Waals surface area (Å²) >= 11 is 1.43. The first-order valence-corrected chi connectivity index (χ1v) is 11.8. The Kier molecular flexibility index (Phi) is 7.19. The number of benzene rings is 3. The van der Waals surface area contributed by atoms with Crippen LogP contribution in [-0.2, 0) is 15.3 Å². The number of carboxylic acid groups (broad SMARTS) is 1. The summed E-state index contributed by atoms with van der Waals surface area (Å²) < 4.78 is 10.6. The average Bonchev–Trinajstić information content (AvgIpc) is 3.16. The maximum atomic E-state index is 12.4. The van der Waals surface area contributed by atoms with Gasteiger partial charge in [0.05, 0.1) is 7.11 Å². The fourth-order valence-electron chi connectivity index (χ4n) is 3.97. The topological polar surface area (TPSA) is 84.9 Å². The van der Waals surface area contributed by atoms with E-state index in [0.717, 1.165) is 33.6 Å². The molecule has 0 fully saturated rings. The van der Waals surface area contributed by atoms with Crippen molar-refractivity contribution in [2.24, 2.45) is 0 Å². The predicted molar refractivity (Wildman–Crippen MR) is 129 cm³/mol. The highest BCUT2D eigenvalue weighted by Gasteiger charge is 2.29. The standard InChI is InChI=1S/C26H25NO5S/c1-31-18-12-10-17(11-13-18)15-33-16-24(25(28)29)27-26(30)32-14-23-21-8-4-2-6-19(21)20-7-3-5-9-22(20)23/h2-13,23-24H,14-16H2,1H3,(H,27,30)(H,28,29)/t24-/m0/s1. The quantitative estimate of drug-likeness (QED) is 0.469. The van der Waals surface area contributed by atoms with E-state index < -0.39 is 18.1 Å². The minimum Gasteiger partial charge on any atom is -0.497 e. The number of amides is 1. The molecule has 3 aromatic carbocycles. The number of hydrogen-bond acceptors (Lipinski definition) is 5. The first-order valence-electron chi connectivity index (χ1n) is 10.6. The normalized spacial score (nSPS) is 13.0. The van der Waals surface area contributed by atoms with Crippen LogP contribution >= 0.6 is 11.8 Å². The summed E-state index contributed by atoms with van der Waals surface area (Å²) in [5.41, 5.74) is 5.54. The highest BCUT2D eigenvalue weighted by Crippen LogP contribution is 2.44. The van der Waals surface area contributed by atoms with Gasteiger partial charge in [-0.2, -0.15) is 11.8 Å². The van der Waals surface area contributed by atoms with Crippen LogP contribution in [0.2, 0.25) is 0 Å². The Balaban J connectivity index is 1.32. The van der Waals surface area contributed by atoms with Crippen LogP contribution < -0.4 is 10.1 Å². The molecule has 4 rings (SSSR count).